The van der Waals surface area contributed by atoms with E-state index in [4.69, 9.17) is 42.2 Å². The molecule has 0 aromatic heterocycles. The number of phosphoric acid groups is 1. The van der Waals surface area contributed by atoms with Crippen molar-refractivity contribution in [3.05, 3.63) is 0 Å². The minimum absolute atomic E-state index is 0.0331. The number of carbonyl (C=O) groups is 3. The Morgan fingerprint density at radius 3 is 1.05 bits per heavy atom. The van der Waals surface area contributed by atoms with Crippen LogP contribution in [0.3, 0.4) is 0 Å². The highest BCUT2D eigenvalue weighted by Crippen LogP contribution is 2.49. The predicted molar refractivity (Wildman–Crippen MR) is 347 cm³/mol. The minimum atomic E-state index is -5.68. The molecule has 2 aliphatic heterocycles. The summed E-state index contributed by atoms with van der Waals surface area (Å²) in [7, 11) is -5.68. The fraction of sp³-hybridized carbons (Fsp3) is 0.956. The second-order valence-corrected chi connectivity index (χ2v) is 27.7. The summed E-state index contributed by atoms with van der Waals surface area (Å²) in [5.74, 6) is -1.98. The molecule has 0 bridgehead atoms. The van der Waals surface area contributed by atoms with E-state index in [1.165, 1.54) is 135 Å². The largest absolute Gasteiger partial charge is 0.472 e. The smallest absolute Gasteiger partial charge is 0.463 e. The van der Waals surface area contributed by atoms with E-state index in [9.17, 15) is 74.9 Å². The van der Waals surface area contributed by atoms with Crippen LogP contribution in [0.4, 0.5) is 0 Å². The van der Waals surface area contributed by atoms with Crippen LogP contribution in [0.2, 0.25) is 0 Å². The number of hydrogen-bond donors (Lipinski definition) is 11. The molecule has 93 heavy (non-hydrogen) atoms. The van der Waals surface area contributed by atoms with Gasteiger partial charge >= 0.3 is 25.7 Å². The SMILES string of the molecule is CCCCCCCCCCCCCCCCCC(=O)OCC(COP(=O)(O)OC1C(OC2OC(CO)C(O)C(O)C2O)C(O)C(O)C(O)C1OC1OC(COC(=O)CCCCCCCCCCCCCC)C(O)C(O)C1O)OC(=O)CCCCCCCCCCCCC. The van der Waals surface area contributed by atoms with E-state index in [0.29, 0.717) is 19.3 Å². The molecular formula is C68H127O24P. The summed E-state index contributed by atoms with van der Waals surface area (Å²) >= 11 is 0. The van der Waals surface area contributed by atoms with Gasteiger partial charge in [-0.15, -0.1) is 0 Å². The van der Waals surface area contributed by atoms with Crippen molar-refractivity contribution in [1.29, 1.82) is 0 Å². The van der Waals surface area contributed by atoms with Crippen LogP contribution in [-0.4, -0.2) is 204 Å². The van der Waals surface area contributed by atoms with Gasteiger partial charge in [-0.25, -0.2) is 4.57 Å². The summed E-state index contributed by atoms with van der Waals surface area (Å²) in [4.78, 5) is 50.8. The number of aliphatic hydroxyl groups is 10. The first-order valence-corrected chi connectivity index (χ1v) is 37.8. The van der Waals surface area contributed by atoms with Crippen LogP contribution in [0.25, 0.3) is 0 Å². The standard InChI is InChI=1S/C68H127O24P/c1-4-7-10-13-16-19-22-24-25-26-29-31-33-36-39-42-52(70)84-46-49(87-54(72)44-41-38-35-32-27-21-18-15-12-9-6-3)47-86-93(82,83)92-66-64(90-67-62(80)57(75)55(73)50(45-69)88-67)60(78)59(77)61(79)65(66)91-68-63(81)58(76)56(74)51(89-68)48-85-53(71)43-40-37-34-30-28-23-20-17-14-11-8-5-2/h49-51,55-69,73-81H,4-48H2,1-3H3,(H,82,83). The normalized spacial score (nSPS) is 28.4. The zero-order valence-corrected chi connectivity index (χ0v) is 57.7. The van der Waals surface area contributed by atoms with Crippen molar-refractivity contribution in [3.63, 3.8) is 0 Å². The highest BCUT2D eigenvalue weighted by Gasteiger charge is 2.58. The maximum Gasteiger partial charge on any atom is 0.472 e. The summed E-state index contributed by atoms with van der Waals surface area (Å²) in [5, 5.41) is 110. The van der Waals surface area contributed by atoms with Gasteiger partial charge in [0.15, 0.2) is 18.7 Å². The average Bonchev–Trinajstić information content (AvgIpc) is 0.770. The number of hydrogen-bond acceptors (Lipinski definition) is 23. The number of phosphoric ester groups is 1. The maximum atomic E-state index is 14.3. The zero-order chi connectivity index (χ0) is 68.2. The number of ether oxygens (including phenoxy) is 7. The molecule has 18 unspecified atom stereocenters. The van der Waals surface area contributed by atoms with Gasteiger partial charge in [-0.1, -0.05) is 245 Å². The molecule has 3 fully saturated rings. The lowest BCUT2D eigenvalue weighted by Gasteiger charge is -2.49. The summed E-state index contributed by atoms with van der Waals surface area (Å²) < 4.78 is 64.9. The first kappa shape index (κ1) is 85.2. The second kappa shape index (κ2) is 51.2. The lowest BCUT2D eigenvalue weighted by Crippen LogP contribution is -2.69. The average molecular weight is 1360 g/mol. The van der Waals surface area contributed by atoms with Gasteiger partial charge in [0.2, 0.25) is 0 Å². The Morgan fingerprint density at radius 1 is 0.376 bits per heavy atom. The Balaban J connectivity index is 1.75. The molecule has 3 aliphatic rings. The van der Waals surface area contributed by atoms with Gasteiger partial charge in [-0.05, 0) is 19.3 Å². The molecule has 0 amide bonds. The lowest BCUT2D eigenvalue weighted by atomic mass is 9.84. The molecule has 2 heterocycles. The zero-order valence-electron chi connectivity index (χ0n) is 56.8. The van der Waals surface area contributed by atoms with Crippen molar-refractivity contribution in [2.24, 2.45) is 0 Å². The molecule has 24 nitrogen and oxygen atoms in total. The highest BCUT2D eigenvalue weighted by atomic mass is 31.2. The molecule has 1 aliphatic carbocycles. The van der Waals surface area contributed by atoms with Crippen molar-refractivity contribution in [1.82, 2.24) is 0 Å². The fourth-order valence-electron chi connectivity index (χ4n) is 12.2. The van der Waals surface area contributed by atoms with Crippen molar-refractivity contribution >= 4 is 25.7 Å². The van der Waals surface area contributed by atoms with Gasteiger partial charge in [-0.3, -0.25) is 23.4 Å². The Morgan fingerprint density at radius 2 is 0.688 bits per heavy atom. The number of carbonyl (C=O) groups excluding carboxylic acids is 3. The van der Waals surface area contributed by atoms with Crippen molar-refractivity contribution < 1.29 is 117 Å². The third-order valence-corrected chi connectivity index (χ3v) is 19.1. The summed E-state index contributed by atoms with van der Waals surface area (Å²) in [6.07, 6.45) is 6.26. The monoisotopic (exact) mass is 1360 g/mol. The molecule has 25 heteroatoms. The van der Waals surface area contributed by atoms with E-state index in [0.717, 1.165) is 89.9 Å². The highest BCUT2D eigenvalue weighted by molar-refractivity contribution is 7.47. The van der Waals surface area contributed by atoms with Crippen LogP contribution in [-0.2, 0) is 61.2 Å². The van der Waals surface area contributed by atoms with Crippen LogP contribution >= 0.6 is 7.82 Å². The topological polar surface area (TPSA) is 374 Å². The maximum absolute atomic E-state index is 14.3. The summed E-state index contributed by atoms with van der Waals surface area (Å²) in [6, 6.07) is 0. The predicted octanol–water partition coefficient (Wildman–Crippen LogP) is 9.01. The van der Waals surface area contributed by atoms with Crippen molar-refractivity contribution in [2.45, 2.75) is 388 Å². The molecule has 18 atom stereocenters. The van der Waals surface area contributed by atoms with E-state index in [-0.39, 0.29) is 19.3 Å². The van der Waals surface area contributed by atoms with Crippen LogP contribution in [0.15, 0.2) is 0 Å². The molecule has 0 aromatic carbocycles. The molecule has 0 radical (unpaired) electrons. The third kappa shape index (κ3) is 35.0. The van der Waals surface area contributed by atoms with Gasteiger partial charge in [0.1, 0.15) is 98.7 Å². The Labute approximate surface area is 555 Å². The first-order valence-electron chi connectivity index (χ1n) is 36.3. The molecule has 3 rings (SSSR count). The van der Waals surface area contributed by atoms with Gasteiger partial charge in [-0.2, -0.15) is 0 Å². The van der Waals surface area contributed by atoms with Gasteiger partial charge < -0.3 is 89.1 Å². The quantitative estimate of drug-likeness (QED) is 0.0117. The van der Waals surface area contributed by atoms with E-state index >= 15 is 0 Å². The van der Waals surface area contributed by atoms with E-state index in [2.05, 4.69) is 20.8 Å². The number of rotatable bonds is 56. The Bertz CT molecular complexity index is 1940. The molecular weight excluding hydrogens is 1230 g/mol. The van der Waals surface area contributed by atoms with Gasteiger partial charge in [0.25, 0.3) is 0 Å². The first-order chi connectivity index (χ1) is 44.8. The van der Waals surface area contributed by atoms with E-state index < -0.39 is 156 Å². The van der Waals surface area contributed by atoms with Gasteiger partial charge in [0.05, 0.1) is 13.2 Å². The Hall–Kier alpha value is -2.04. The number of aliphatic hydroxyl groups excluding tert-OH is 10. The number of unbranched alkanes of at least 4 members (excludes halogenated alkanes) is 35. The third-order valence-electron chi connectivity index (χ3n) is 18.1. The van der Waals surface area contributed by atoms with Crippen LogP contribution in [0.1, 0.15) is 284 Å². The summed E-state index contributed by atoms with van der Waals surface area (Å²) in [5.41, 5.74) is 0. The molecule has 548 valence electrons. The minimum Gasteiger partial charge on any atom is -0.463 e. The Kier molecular flexibility index (Phi) is 46.9. The molecule has 2 saturated heterocycles. The van der Waals surface area contributed by atoms with E-state index in [1.807, 2.05) is 0 Å². The summed E-state index contributed by atoms with van der Waals surface area (Å²) in [6.45, 7) is 3.43. The van der Waals surface area contributed by atoms with Crippen molar-refractivity contribution in [3.8, 4) is 0 Å². The number of esters is 3. The van der Waals surface area contributed by atoms with Crippen LogP contribution < -0.4 is 0 Å². The van der Waals surface area contributed by atoms with Crippen LogP contribution in [0.5, 0.6) is 0 Å². The molecule has 0 aromatic rings. The van der Waals surface area contributed by atoms with Crippen molar-refractivity contribution in [2.75, 3.05) is 26.4 Å². The lowest BCUT2D eigenvalue weighted by molar-refractivity contribution is -0.360. The van der Waals surface area contributed by atoms with Gasteiger partial charge in [0, 0.05) is 19.3 Å². The molecule has 11 N–H and O–H groups in total. The molecule has 0 spiro atoms. The van der Waals surface area contributed by atoms with E-state index in [1.54, 1.807) is 0 Å². The fourth-order valence-corrected chi connectivity index (χ4v) is 13.1. The van der Waals surface area contributed by atoms with Crippen LogP contribution in [0, 0.1) is 0 Å². The second-order valence-electron chi connectivity index (χ2n) is 26.3. The molecule has 1 saturated carbocycles.